The molecular weight excluding hydrogens is 233 g/mol. The highest BCUT2D eigenvalue weighted by Crippen LogP contribution is 2.25. The molecule has 4 heteroatoms. The van der Waals surface area contributed by atoms with E-state index in [1.807, 2.05) is 20.8 Å². The van der Waals surface area contributed by atoms with E-state index >= 15 is 0 Å². The molecule has 100 valence electrons. The van der Waals surface area contributed by atoms with Crippen LogP contribution < -0.4 is 5.73 Å². The van der Waals surface area contributed by atoms with E-state index in [1.165, 1.54) is 12.1 Å². The largest absolute Gasteiger partial charge is 0.461 e. The van der Waals surface area contributed by atoms with Gasteiger partial charge in [-0.2, -0.15) is 0 Å². The van der Waals surface area contributed by atoms with E-state index in [9.17, 15) is 9.18 Å². The average Bonchev–Trinajstić information content (AvgIpc) is 2.27. The van der Waals surface area contributed by atoms with Gasteiger partial charge in [0.25, 0.3) is 0 Å². The zero-order valence-electron chi connectivity index (χ0n) is 11.2. The molecule has 3 atom stereocenters. The Morgan fingerprint density at radius 3 is 2.44 bits per heavy atom. The number of carbonyl (C=O) groups is 1. The summed E-state index contributed by atoms with van der Waals surface area (Å²) < 4.78 is 18.3. The fourth-order valence-electron chi connectivity index (χ4n) is 1.80. The summed E-state index contributed by atoms with van der Waals surface area (Å²) in [6, 6.07) is 3.99. The number of halogens is 1. The van der Waals surface area contributed by atoms with E-state index in [0.29, 0.717) is 0 Å². The van der Waals surface area contributed by atoms with Crippen LogP contribution in [0.15, 0.2) is 18.2 Å². The molecule has 3 nitrogen and oxygen atoms in total. The van der Waals surface area contributed by atoms with Gasteiger partial charge >= 0.3 is 5.97 Å². The summed E-state index contributed by atoms with van der Waals surface area (Å²) >= 11 is 0. The van der Waals surface area contributed by atoms with Crippen molar-refractivity contribution in [1.82, 2.24) is 0 Å². The fraction of sp³-hybridized carbons (Fsp3) is 0.500. The number of hydrogen-bond donors (Lipinski definition) is 1. The van der Waals surface area contributed by atoms with Crippen molar-refractivity contribution in [2.45, 2.75) is 45.8 Å². The molecule has 18 heavy (non-hydrogen) atoms. The molecule has 0 aliphatic heterocycles. The summed E-state index contributed by atoms with van der Waals surface area (Å²) in [6.07, 6.45) is -0.298. The Morgan fingerprint density at radius 1 is 1.33 bits per heavy atom. The van der Waals surface area contributed by atoms with Crippen LogP contribution in [0.2, 0.25) is 0 Å². The van der Waals surface area contributed by atoms with Gasteiger partial charge in [0.2, 0.25) is 0 Å². The van der Waals surface area contributed by atoms with Crippen molar-refractivity contribution in [3.8, 4) is 0 Å². The van der Waals surface area contributed by atoms with Crippen LogP contribution in [0.5, 0.6) is 0 Å². The third-order valence-electron chi connectivity index (χ3n) is 3.10. The Bertz CT molecular complexity index is 432. The molecule has 0 aliphatic rings. The molecule has 1 aromatic carbocycles. The molecule has 0 bridgehead atoms. The number of benzene rings is 1. The van der Waals surface area contributed by atoms with Gasteiger partial charge in [-0.15, -0.1) is 0 Å². The normalized spacial score (nSPS) is 15.9. The van der Waals surface area contributed by atoms with Crippen molar-refractivity contribution in [3.05, 3.63) is 35.1 Å². The van der Waals surface area contributed by atoms with Crippen molar-refractivity contribution < 1.29 is 13.9 Å². The molecule has 0 saturated carbocycles. The van der Waals surface area contributed by atoms with Crippen LogP contribution >= 0.6 is 0 Å². The monoisotopic (exact) mass is 253 g/mol. The van der Waals surface area contributed by atoms with Crippen LogP contribution in [0.1, 0.15) is 37.8 Å². The topological polar surface area (TPSA) is 52.3 Å². The van der Waals surface area contributed by atoms with Crippen LogP contribution in [0.25, 0.3) is 0 Å². The van der Waals surface area contributed by atoms with Crippen LogP contribution in [0, 0.1) is 12.7 Å². The molecule has 2 N–H and O–H groups in total. The van der Waals surface area contributed by atoms with Gasteiger partial charge < -0.3 is 10.5 Å². The van der Waals surface area contributed by atoms with Gasteiger partial charge in [-0.25, -0.2) is 4.39 Å². The van der Waals surface area contributed by atoms with Crippen LogP contribution in [-0.2, 0) is 9.53 Å². The maximum atomic E-state index is 13.0. The number of rotatable bonds is 4. The lowest BCUT2D eigenvalue weighted by Crippen LogP contribution is -2.33. The number of nitrogens with two attached hydrogens (primary N) is 1. The Labute approximate surface area is 107 Å². The number of aryl methyl sites for hydroxylation is 1. The molecule has 1 aromatic rings. The summed E-state index contributed by atoms with van der Waals surface area (Å²) in [4.78, 5) is 11.4. The van der Waals surface area contributed by atoms with Crippen LogP contribution in [0.4, 0.5) is 4.39 Å². The predicted molar refractivity (Wildman–Crippen MR) is 68.8 cm³/mol. The standard InChI is InChI=1S/C14H20FNO2/c1-8-7-12(15)5-6-13(8)9(2)11(4)18-14(17)10(3)16/h5-7,9-11H,16H2,1-4H3/t9-,10-,11+/m1/s1. The second kappa shape index (κ2) is 5.96. The zero-order valence-corrected chi connectivity index (χ0v) is 11.2. The Morgan fingerprint density at radius 2 is 1.94 bits per heavy atom. The maximum Gasteiger partial charge on any atom is 0.322 e. The fourth-order valence-corrected chi connectivity index (χ4v) is 1.80. The van der Waals surface area contributed by atoms with E-state index in [0.717, 1.165) is 11.1 Å². The highest BCUT2D eigenvalue weighted by Gasteiger charge is 2.21. The summed E-state index contributed by atoms with van der Waals surface area (Å²) in [5.41, 5.74) is 7.28. The maximum absolute atomic E-state index is 13.0. The lowest BCUT2D eigenvalue weighted by molar-refractivity contribution is -0.150. The molecule has 0 spiro atoms. The van der Waals surface area contributed by atoms with Crippen LogP contribution in [0.3, 0.4) is 0 Å². The second-order valence-electron chi connectivity index (χ2n) is 4.72. The third-order valence-corrected chi connectivity index (χ3v) is 3.10. The molecular formula is C14H20FNO2. The molecule has 0 fully saturated rings. The molecule has 0 radical (unpaired) electrons. The van der Waals surface area contributed by atoms with Gasteiger partial charge in [0.05, 0.1) is 0 Å². The van der Waals surface area contributed by atoms with Gasteiger partial charge in [-0.05, 0) is 44.0 Å². The van der Waals surface area contributed by atoms with Gasteiger partial charge in [-0.1, -0.05) is 13.0 Å². The van der Waals surface area contributed by atoms with E-state index in [-0.39, 0.29) is 17.8 Å². The minimum Gasteiger partial charge on any atom is -0.461 e. The average molecular weight is 253 g/mol. The van der Waals surface area contributed by atoms with E-state index < -0.39 is 12.0 Å². The Balaban J connectivity index is 2.80. The minimum absolute atomic E-state index is 0.00620. The molecule has 0 unspecified atom stereocenters. The van der Waals surface area contributed by atoms with Crippen LogP contribution in [-0.4, -0.2) is 18.1 Å². The second-order valence-corrected chi connectivity index (χ2v) is 4.72. The smallest absolute Gasteiger partial charge is 0.322 e. The zero-order chi connectivity index (χ0) is 13.9. The SMILES string of the molecule is Cc1cc(F)ccc1[C@H](C)[C@H](C)OC(=O)[C@@H](C)N. The third kappa shape index (κ3) is 3.53. The highest BCUT2D eigenvalue weighted by molar-refractivity contribution is 5.75. The number of carbonyl (C=O) groups excluding carboxylic acids is 1. The van der Waals surface area contributed by atoms with Gasteiger partial charge in [0.15, 0.2) is 0 Å². The first kappa shape index (κ1) is 14.6. The predicted octanol–water partition coefficient (Wildman–Crippen LogP) is 2.52. The lowest BCUT2D eigenvalue weighted by Gasteiger charge is -2.23. The van der Waals surface area contributed by atoms with E-state index in [1.54, 1.807) is 13.0 Å². The molecule has 0 amide bonds. The van der Waals surface area contributed by atoms with E-state index in [4.69, 9.17) is 10.5 Å². The van der Waals surface area contributed by atoms with Crippen molar-refractivity contribution in [2.24, 2.45) is 5.73 Å². The summed E-state index contributed by atoms with van der Waals surface area (Å²) in [5.74, 6) is -0.689. The van der Waals surface area contributed by atoms with Crippen molar-refractivity contribution in [3.63, 3.8) is 0 Å². The van der Waals surface area contributed by atoms with E-state index in [2.05, 4.69) is 0 Å². The summed E-state index contributed by atoms with van der Waals surface area (Å²) in [6.45, 7) is 7.19. The number of hydrogen-bond acceptors (Lipinski definition) is 3. The minimum atomic E-state index is -0.631. The number of esters is 1. The number of ether oxygens (including phenoxy) is 1. The molecule has 0 heterocycles. The lowest BCUT2D eigenvalue weighted by atomic mass is 9.92. The first-order valence-corrected chi connectivity index (χ1v) is 6.05. The first-order chi connectivity index (χ1) is 8.32. The first-order valence-electron chi connectivity index (χ1n) is 6.05. The van der Waals surface area contributed by atoms with Gasteiger partial charge in [-0.3, -0.25) is 4.79 Å². The van der Waals surface area contributed by atoms with Crippen molar-refractivity contribution >= 4 is 5.97 Å². The van der Waals surface area contributed by atoms with Gasteiger partial charge in [0, 0.05) is 5.92 Å². The van der Waals surface area contributed by atoms with Crippen molar-refractivity contribution in [2.75, 3.05) is 0 Å². The Kier molecular flexibility index (Phi) is 4.84. The molecule has 0 saturated heterocycles. The molecule has 0 aliphatic carbocycles. The van der Waals surface area contributed by atoms with Crippen molar-refractivity contribution in [1.29, 1.82) is 0 Å². The quantitative estimate of drug-likeness (QED) is 0.839. The molecule has 0 aromatic heterocycles. The molecule has 1 rings (SSSR count). The Hall–Kier alpha value is -1.42. The highest BCUT2D eigenvalue weighted by atomic mass is 19.1. The summed E-state index contributed by atoms with van der Waals surface area (Å²) in [7, 11) is 0. The summed E-state index contributed by atoms with van der Waals surface area (Å²) in [5, 5.41) is 0. The van der Waals surface area contributed by atoms with Gasteiger partial charge in [0.1, 0.15) is 18.0 Å².